The highest BCUT2D eigenvalue weighted by Crippen LogP contribution is 2.36. The molecule has 0 aliphatic carbocycles. The average Bonchev–Trinajstić information content (AvgIpc) is 2.76. The van der Waals surface area contributed by atoms with Gasteiger partial charge in [0.25, 0.3) is 15.9 Å². The summed E-state index contributed by atoms with van der Waals surface area (Å²) in [5.74, 6) is 0.000812. The summed E-state index contributed by atoms with van der Waals surface area (Å²) in [4.78, 5) is 13.7. The third kappa shape index (κ3) is 4.87. The Morgan fingerprint density at radius 3 is 2.68 bits per heavy atom. The van der Waals surface area contributed by atoms with Crippen LogP contribution < -0.4 is 10.0 Å². The number of amides is 1. The zero-order valence-corrected chi connectivity index (χ0v) is 18.5. The van der Waals surface area contributed by atoms with Crippen LogP contribution in [0.4, 0.5) is 10.1 Å². The van der Waals surface area contributed by atoms with Crippen molar-refractivity contribution >= 4 is 45.0 Å². The summed E-state index contributed by atoms with van der Waals surface area (Å²) >= 11 is 7.66. The average molecular weight is 477 g/mol. The minimum absolute atomic E-state index is 0.0642. The summed E-state index contributed by atoms with van der Waals surface area (Å²) in [6.07, 6.45) is 0.652. The lowest BCUT2D eigenvalue weighted by Gasteiger charge is -2.26. The van der Waals surface area contributed by atoms with Crippen molar-refractivity contribution in [1.29, 1.82) is 0 Å². The van der Waals surface area contributed by atoms with Crippen LogP contribution in [0.15, 0.2) is 76.5 Å². The molecule has 1 atom stereocenters. The lowest BCUT2D eigenvalue weighted by atomic mass is 10.0. The van der Waals surface area contributed by atoms with Crippen molar-refractivity contribution in [3.05, 3.63) is 88.7 Å². The van der Waals surface area contributed by atoms with Gasteiger partial charge < -0.3 is 5.32 Å². The van der Waals surface area contributed by atoms with Gasteiger partial charge in [-0.25, -0.2) is 12.8 Å². The molecule has 4 rings (SSSR count). The Morgan fingerprint density at radius 1 is 1.06 bits per heavy atom. The van der Waals surface area contributed by atoms with Gasteiger partial charge in [0.05, 0.1) is 21.6 Å². The van der Waals surface area contributed by atoms with E-state index >= 15 is 0 Å². The minimum Gasteiger partial charge on any atom is -0.345 e. The second-order valence-corrected chi connectivity index (χ2v) is 10.2. The Balaban J connectivity index is 1.56. The van der Waals surface area contributed by atoms with E-state index in [1.54, 1.807) is 42.1 Å². The van der Waals surface area contributed by atoms with Gasteiger partial charge in [-0.1, -0.05) is 29.8 Å². The Labute approximate surface area is 189 Å². The van der Waals surface area contributed by atoms with Crippen LogP contribution in [0.5, 0.6) is 0 Å². The molecule has 3 aromatic rings. The molecule has 160 valence electrons. The summed E-state index contributed by atoms with van der Waals surface area (Å²) in [7, 11) is -3.95. The van der Waals surface area contributed by atoms with Gasteiger partial charge in [-0.3, -0.25) is 9.52 Å². The molecule has 0 bridgehead atoms. The normalized spacial score (nSPS) is 15.7. The maximum atomic E-state index is 13.7. The van der Waals surface area contributed by atoms with Gasteiger partial charge in [-0.15, -0.1) is 11.8 Å². The first-order chi connectivity index (χ1) is 14.8. The zero-order chi connectivity index (χ0) is 22.0. The van der Waals surface area contributed by atoms with Crippen LogP contribution in [0, 0.1) is 5.82 Å². The van der Waals surface area contributed by atoms with Crippen LogP contribution in [0.2, 0.25) is 5.02 Å². The monoisotopic (exact) mass is 476 g/mol. The molecule has 1 aliphatic rings. The van der Waals surface area contributed by atoms with Gasteiger partial charge in [-0.2, -0.15) is 0 Å². The number of para-hydroxylation sites is 1. The molecule has 1 unspecified atom stereocenters. The Morgan fingerprint density at radius 2 is 1.87 bits per heavy atom. The fourth-order valence-electron chi connectivity index (χ4n) is 3.31. The van der Waals surface area contributed by atoms with Crippen LogP contribution in [-0.2, 0) is 10.0 Å². The van der Waals surface area contributed by atoms with E-state index < -0.39 is 15.9 Å². The topological polar surface area (TPSA) is 75.3 Å². The smallest absolute Gasteiger partial charge is 0.261 e. The Kier molecular flexibility index (Phi) is 6.22. The second kappa shape index (κ2) is 8.90. The van der Waals surface area contributed by atoms with Gasteiger partial charge in [-0.05, 0) is 60.5 Å². The predicted molar refractivity (Wildman–Crippen MR) is 121 cm³/mol. The first-order valence-corrected chi connectivity index (χ1v) is 12.3. The number of hydrogen-bond acceptors (Lipinski definition) is 4. The largest absolute Gasteiger partial charge is 0.345 e. The quantitative estimate of drug-likeness (QED) is 0.527. The van der Waals surface area contributed by atoms with E-state index in [0.717, 1.165) is 16.2 Å². The highest BCUT2D eigenvalue weighted by Gasteiger charge is 2.24. The van der Waals surface area contributed by atoms with E-state index in [9.17, 15) is 17.6 Å². The number of rotatable bonds is 5. The number of carbonyl (C=O) groups excluding carboxylic acids is 1. The van der Waals surface area contributed by atoms with Crippen LogP contribution in [0.1, 0.15) is 28.4 Å². The number of benzene rings is 3. The molecule has 3 aromatic carbocycles. The van der Waals surface area contributed by atoms with E-state index in [0.29, 0.717) is 6.42 Å². The zero-order valence-electron chi connectivity index (χ0n) is 16.1. The number of anilines is 1. The molecule has 0 aromatic heterocycles. The van der Waals surface area contributed by atoms with E-state index in [1.165, 1.54) is 36.4 Å². The lowest BCUT2D eigenvalue weighted by Crippen LogP contribution is -2.31. The number of fused-ring (bicyclic) bond motifs is 1. The highest BCUT2D eigenvalue weighted by atomic mass is 35.5. The molecule has 0 fully saturated rings. The lowest BCUT2D eigenvalue weighted by molar-refractivity contribution is 0.0934. The first kappa shape index (κ1) is 21.7. The van der Waals surface area contributed by atoms with Crippen LogP contribution in [-0.4, -0.2) is 20.1 Å². The van der Waals surface area contributed by atoms with Gasteiger partial charge in [0, 0.05) is 16.2 Å². The fourth-order valence-corrected chi connectivity index (χ4v) is 5.78. The fraction of sp³-hybridized carbons (Fsp3) is 0.136. The van der Waals surface area contributed by atoms with Gasteiger partial charge in [0.2, 0.25) is 0 Å². The molecule has 0 radical (unpaired) electrons. The van der Waals surface area contributed by atoms with Crippen LogP contribution in [0.3, 0.4) is 0 Å². The van der Waals surface area contributed by atoms with Crippen molar-refractivity contribution in [2.75, 3.05) is 10.5 Å². The predicted octanol–water partition coefficient (Wildman–Crippen LogP) is 5.25. The summed E-state index contributed by atoms with van der Waals surface area (Å²) in [6.45, 7) is 0. The van der Waals surface area contributed by atoms with E-state index in [1.807, 2.05) is 0 Å². The van der Waals surface area contributed by atoms with Crippen molar-refractivity contribution in [3.63, 3.8) is 0 Å². The number of halogens is 2. The first-order valence-electron chi connectivity index (χ1n) is 9.44. The summed E-state index contributed by atoms with van der Waals surface area (Å²) in [6, 6.07) is 16.4. The third-order valence-electron chi connectivity index (χ3n) is 4.84. The van der Waals surface area contributed by atoms with Crippen LogP contribution >= 0.6 is 23.4 Å². The highest BCUT2D eigenvalue weighted by molar-refractivity contribution is 7.99. The molecule has 0 saturated heterocycles. The van der Waals surface area contributed by atoms with Crippen LogP contribution in [0.25, 0.3) is 0 Å². The number of nitrogens with one attached hydrogen (secondary N) is 2. The SMILES string of the molecule is O=C(NC1CCSc2ccc(F)cc21)c1cccc(S(=O)(=O)Nc2ccccc2Cl)c1. The molecular formula is C22H18ClFN2O3S2. The minimum atomic E-state index is -3.95. The number of sulfonamides is 1. The van der Waals surface area contributed by atoms with E-state index in [4.69, 9.17) is 11.6 Å². The maximum Gasteiger partial charge on any atom is 0.261 e. The van der Waals surface area contributed by atoms with Crippen molar-refractivity contribution in [2.45, 2.75) is 22.3 Å². The molecule has 1 aliphatic heterocycles. The van der Waals surface area contributed by atoms with Gasteiger partial charge in [0.1, 0.15) is 5.82 Å². The third-order valence-corrected chi connectivity index (χ3v) is 7.66. The van der Waals surface area contributed by atoms with E-state index in [-0.39, 0.29) is 33.0 Å². The van der Waals surface area contributed by atoms with Gasteiger partial charge in [0.15, 0.2) is 0 Å². The molecule has 0 saturated carbocycles. The molecule has 31 heavy (non-hydrogen) atoms. The molecule has 5 nitrogen and oxygen atoms in total. The molecule has 0 spiro atoms. The summed E-state index contributed by atoms with van der Waals surface area (Å²) in [5.41, 5.74) is 1.17. The molecular weight excluding hydrogens is 459 g/mol. The maximum absolute atomic E-state index is 13.7. The standard InChI is InChI=1S/C22H18ClFN2O3S2/c23-18-6-1-2-7-20(18)26-31(28,29)16-5-3-4-14(12-16)22(27)25-19-10-11-30-21-9-8-15(24)13-17(19)21/h1-9,12-13,19,26H,10-11H2,(H,25,27). The molecule has 1 amide bonds. The summed E-state index contributed by atoms with van der Waals surface area (Å²) in [5, 5.41) is 3.17. The Hall–Kier alpha value is -2.55. The molecule has 1 heterocycles. The van der Waals surface area contributed by atoms with Crippen molar-refractivity contribution < 1.29 is 17.6 Å². The molecule has 2 N–H and O–H groups in total. The van der Waals surface area contributed by atoms with E-state index in [2.05, 4.69) is 10.0 Å². The summed E-state index contributed by atoms with van der Waals surface area (Å²) < 4.78 is 41.7. The number of thioether (sulfide) groups is 1. The van der Waals surface area contributed by atoms with Crippen molar-refractivity contribution in [2.24, 2.45) is 0 Å². The number of carbonyl (C=O) groups is 1. The van der Waals surface area contributed by atoms with Crippen molar-refractivity contribution in [1.82, 2.24) is 5.32 Å². The van der Waals surface area contributed by atoms with Gasteiger partial charge >= 0.3 is 0 Å². The second-order valence-electron chi connectivity index (χ2n) is 6.96. The van der Waals surface area contributed by atoms with Crippen molar-refractivity contribution in [3.8, 4) is 0 Å². The Bertz CT molecular complexity index is 1250. The number of hydrogen-bond donors (Lipinski definition) is 2. The molecule has 9 heteroatoms.